The molecule has 1 aliphatic carbocycles. The summed E-state index contributed by atoms with van der Waals surface area (Å²) in [5, 5.41) is 1.38. The number of fused-ring (bicyclic) bond motifs is 2. The van der Waals surface area contributed by atoms with Crippen molar-refractivity contribution in [1.29, 1.82) is 0 Å². The number of alkyl halides is 3. The fourth-order valence-corrected chi connectivity index (χ4v) is 4.57. The molecule has 0 saturated carbocycles. The first-order valence-corrected chi connectivity index (χ1v) is 9.96. The molecule has 1 heterocycles. The van der Waals surface area contributed by atoms with Gasteiger partial charge in [-0.25, -0.2) is 8.42 Å². The van der Waals surface area contributed by atoms with Crippen LogP contribution in [-0.2, 0) is 16.4 Å². The van der Waals surface area contributed by atoms with Crippen molar-refractivity contribution < 1.29 is 21.6 Å². The van der Waals surface area contributed by atoms with E-state index in [-0.39, 0.29) is 0 Å². The molecule has 1 aliphatic rings. The average molecular weight is 415 g/mol. The normalized spacial score (nSPS) is 20.1. The number of nitrogens with zero attached hydrogens (tertiary/aromatic N) is 1. The lowest BCUT2D eigenvalue weighted by Gasteiger charge is -2.24. The zero-order valence-electron chi connectivity index (χ0n) is 13.7. The Morgan fingerprint density at radius 1 is 1.11 bits per heavy atom. The highest BCUT2D eigenvalue weighted by atomic mass is 35.5. The van der Waals surface area contributed by atoms with Crippen molar-refractivity contribution in [1.82, 2.24) is 9.29 Å². The molecule has 0 radical (unpaired) electrons. The van der Waals surface area contributed by atoms with Gasteiger partial charge in [-0.05, 0) is 41.8 Å². The van der Waals surface area contributed by atoms with Crippen LogP contribution in [0.15, 0.2) is 54.7 Å². The van der Waals surface area contributed by atoms with E-state index in [0.29, 0.717) is 17.0 Å². The largest absolute Gasteiger partial charge is 0.511 e. The van der Waals surface area contributed by atoms with Gasteiger partial charge in [0.05, 0.1) is 12.1 Å². The van der Waals surface area contributed by atoms with Crippen molar-refractivity contribution in [2.24, 2.45) is 0 Å². The predicted octanol–water partition coefficient (Wildman–Crippen LogP) is 4.57. The van der Waals surface area contributed by atoms with Crippen LogP contribution in [0.4, 0.5) is 13.2 Å². The van der Waals surface area contributed by atoms with Gasteiger partial charge < -0.3 is 4.57 Å². The summed E-state index contributed by atoms with van der Waals surface area (Å²) in [5.74, 6) is 0. The van der Waals surface area contributed by atoms with Crippen LogP contribution in [0.1, 0.15) is 23.2 Å². The molecule has 0 fully saturated rings. The van der Waals surface area contributed by atoms with E-state index in [9.17, 15) is 21.6 Å². The van der Waals surface area contributed by atoms with Gasteiger partial charge >= 0.3 is 15.5 Å². The number of rotatable bonds is 3. The average Bonchev–Trinajstić information content (AvgIpc) is 3.14. The molecular formula is C18H14ClF3N2O2S. The van der Waals surface area contributed by atoms with Crippen molar-refractivity contribution >= 4 is 32.5 Å². The van der Waals surface area contributed by atoms with E-state index in [2.05, 4.69) is 0 Å². The Morgan fingerprint density at radius 3 is 2.59 bits per heavy atom. The van der Waals surface area contributed by atoms with Crippen LogP contribution in [0.5, 0.6) is 0 Å². The molecule has 2 atom stereocenters. The highest BCUT2D eigenvalue weighted by Gasteiger charge is 2.49. The van der Waals surface area contributed by atoms with Gasteiger partial charge in [-0.3, -0.25) is 0 Å². The number of halogens is 4. The Labute approximate surface area is 158 Å². The lowest BCUT2D eigenvalue weighted by molar-refractivity contribution is -0.0452. The summed E-state index contributed by atoms with van der Waals surface area (Å²) in [6.07, 6.45) is 2.15. The Morgan fingerprint density at radius 2 is 1.85 bits per heavy atom. The van der Waals surface area contributed by atoms with Gasteiger partial charge in [-0.2, -0.15) is 17.9 Å². The Balaban J connectivity index is 1.82. The fraction of sp³-hybridized carbons (Fsp3) is 0.222. The van der Waals surface area contributed by atoms with E-state index in [1.54, 1.807) is 59.3 Å². The second-order valence-electron chi connectivity index (χ2n) is 6.44. The summed E-state index contributed by atoms with van der Waals surface area (Å²) in [7, 11) is -5.49. The summed E-state index contributed by atoms with van der Waals surface area (Å²) in [6.45, 7) is 0. The lowest BCUT2D eigenvalue weighted by atomic mass is 10.1. The fourth-order valence-electron chi connectivity index (χ4n) is 3.63. The lowest BCUT2D eigenvalue weighted by Crippen LogP contribution is -2.40. The van der Waals surface area contributed by atoms with E-state index in [0.717, 1.165) is 16.5 Å². The highest BCUT2D eigenvalue weighted by Crippen LogP contribution is 2.42. The van der Waals surface area contributed by atoms with Crippen LogP contribution >= 0.6 is 11.6 Å². The number of aromatic nitrogens is 1. The highest BCUT2D eigenvalue weighted by molar-refractivity contribution is 7.90. The number of benzene rings is 2. The molecule has 2 unspecified atom stereocenters. The van der Waals surface area contributed by atoms with E-state index in [1.165, 1.54) is 0 Å². The Bertz CT molecular complexity index is 1130. The van der Waals surface area contributed by atoms with Crippen molar-refractivity contribution in [3.8, 4) is 0 Å². The SMILES string of the molecule is O=S(=O)(NC1c2ccccc2CC1n1ccc2cc(Cl)ccc21)C(F)(F)F. The molecule has 0 aliphatic heterocycles. The molecule has 3 aromatic rings. The summed E-state index contributed by atoms with van der Waals surface area (Å²) < 4.78 is 66.1. The zero-order chi connectivity index (χ0) is 19.4. The molecule has 4 nitrogen and oxygen atoms in total. The summed E-state index contributed by atoms with van der Waals surface area (Å²) >= 11 is 6.00. The van der Waals surface area contributed by atoms with Crippen molar-refractivity contribution in [3.05, 3.63) is 70.9 Å². The van der Waals surface area contributed by atoms with Crippen molar-refractivity contribution in [2.75, 3.05) is 0 Å². The topological polar surface area (TPSA) is 51.1 Å². The minimum atomic E-state index is -5.49. The smallest absolute Gasteiger partial charge is 0.342 e. The van der Waals surface area contributed by atoms with Gasteiger partial charge in [-0.1, -0.05) is 35.9 Å². The minimum absolute atomic E-state index is 0.410. The van der Waals surface area contributed by atoms with Gasteiger partial charge in [-0.15, -0.1) is 0 Å². The molecule has 27 heavy (non-hydrogen) atoms. The van der Waals surface area contributed by atoms with Crippen LogP contribution in [0.25, 0.3) is 10.9 Å². The van der Waals surface area contributed by atoms with E-state index < -0.39 is 27.6 Å². The third-order valence-electron chi connectivity index (χ3n) is 4.83. The maximum Gasteiger partial charge on any atom is 0.511 e. The quantitative estimate of drug-likeness (QED) is 0.682. The molecule has 4 rings (SSSR count). The van der Waals surface area contributed by atoms with Crippen LogP contribution in [0.2, 0.25) is 5.02 Å². The summed E-state index contributed by atoms with van der Waals surface area (Å²) in [6, 6.07) is 12.4. The number of sulfonamides is 1. The van der Waals surface area contributed by atoms with Gasteiger partial charge in [0, 0.05) is 22.1 Å². The first-order chi connectivity index (χ1) is 12.7. The zero-order valence-corrected chi connectivity index (χ0v) is 15.3. The van der Waals surface area contributed by atoms with Crippen LogP contribution in [0.3, 0.4) is 0 Å². The molecular weight excluding hydrogens is 401 g/mol. The second-order valence-corrected chi connectivity index (χ2v) is 8.58. The van der Waals surface area contributed by atoms with Crippen LogP contribution < -0.4 is 4.72 Å². The molecule has 1 aromatic heterocycles. The maximum absolute atomic E-state index is 13.0. The number of nitrogens with one attached hydrogen (secondary N) is 1. The molecule has 0 amide bonds. The molecule has 0 spiro atoms. The third-order valence-corrected chi connectivity index (χ3v) is 6.24. The standard InChI is InChI=1S/C18H14ClF3N2O2S/c19-13-5-6-15-12(9-13)7-8-24(15)16-10-11-3-1-2-4-14(11)17(16)23-27(25,26)18(20,21)22/h1-9,16-17,23H,10H2. The van der Waals surface area contributed by atoms with E-state index in [4.69, 9.17) is 11.6 Å². The number of hydrogen-bond acceptors (Lipinski definition) is 2. The van der Waals surface area contributed by atoms with Gasteiger partial charge in [0.15, 0.2) is 0 Å². The monoisotopic (exact) mass is 414 g/mol. The van der Waals surface area contributed by atoms with Crippen molar-refractivity contribution in [3.63, 3.8) is 0 Å². The molecule has 9 heteroatoms. The summed E-state index contributed by atoms with van der Waals surface area (Å²) in [4.78, 5) is 0. The van der Waals surface area contributed by atoms with Crippen LogP contribution in [-0.4, -0.2) is 18.5 Å². The molecule has 2 aromatic carbocycles. The summed E-state index contributed by atoms with van der Waals surface area (Å²) in [5.41, 5.74) is -3.24. The molecule has 142 valence electrons. The van der Waals surface area contributed by atoms with E-state index >= 15 is 0 Å². The Kier molecular flexibility index (Phi) is 4.25. The Hall–Kier alpha value is -2.03. The first kappa shape index (κ1) is 18.3. The van der Waals surface area contributed by atoms with Gasteiger partial charge in [0.2, 0.25) is 0 Å². The first-order valence-electron chi connectivity index (χ1n) is 8.10. The molecule has 1 N–H and O–H groups in total. The van der Waals surface area contributed by atoms with Gasteiger partial charge in [0.25, 0.3) is 0 Å². The molecule has 0 bridgehead atoms. The van der Waals surface area contributed by atoms with Crippen LogP contribution in [0, 0.1) is 0 Å². The second kappa shape index (κ2) is 6.25. The van der Waals surface area contributed by atoms with Crippen molar-refractivity contribution in [2.45, 2.75) is 24.0 Å². The van der Waals surface area contributed by atoms with E-state index in [1.807, 2.05) is 4.72 Å². The van der Waals surface area contributed by atoms with Gasteiger partial charge in [0.1, 0.15) is 0 Å². The third kappa shape index (κ3) is 3.11. The predicted molar refractivity (Wildman–Crippen MR) is 97.0 cm³/mol. The molecule has 0 saturated heterocycles. The number of hydrogen-bond donors (Lipinski definition) is 1. The minimum Gasteiger partial charge on any atom is -0.342 e. The maximum atomic E-state index is 13.0.